The van der Waals surface area contributed by atoms with Crippen molar-refractivity contribution in [3.05, 3.63) is 0 Å². The van der Waals surface area contributed by atoms with E-state index in [0.717, 1.165) is 31.7 Å². The third-order valence-corrected chi connectivity index (χ3v) is 4.26. The molecule has 2 N–H and O–H groups in total. The molecular formula is C10H18N2OS. The van der Waals surface area contributed by atoms with E-state index in [9.17, 15) is 4.79 Å². The van der Waals surface area contributed by atoms with Gasteiger partial charge in [0.2, 0.25) is 5.91 Å². The summed E-state index contributed by atoms with van der Waals surface area (Å²) in [7, 11) is 0. The predicted octanol–water partition coefficient (Wildman–Crippen LogP) is 0.750. The number of nitrogens with one attached hydrogen (secondary N) is 2. The lowest BCUT2D eigenvalue weighted by molar-refractivity contribution is -0.121. The molecule has 2 fully saturated rings. The van der Waals surface area contributed by atoms with Crippen LogP contribution in [0.4, 0.5) is 0 Å². The summed E-state index contributed by atoms with van der Waals surface area (Å²) in [5.74, 6) is 1.42. The Morgan fingerprint density at radius 2 is 2.29 bits per heavy atom. The molecule has 2 aliphatic rings. The molecule has 0 aliphatic carbocycles. The Hall–Kier alpha value is -0.220. The molecule has 2 atom stereocenters. The van der Waals surface area contributed by atoms with Crippen LogP contribution >= 0.6 is 11.8 Å². The zero-order chi connectivity index (χ0) is 9.80. The Labute approximate surface area is 89.4 Å². The molecule has 2 rings (SSSR count). The fourth-order valence-electron chi connectivity index (χ4n) is 2.02. The minimum absolute atomic E-state index is 0.226. The van der Waals surface area contributed by atoms with Crippen molar-refractivity contribution in [3.63, 3.8) is 0 Å². The van der Waals surface area contributed by atoms with Gasteiger partial charge in [-0.1, -0.05) is 6.42 Å². The molecule has 0 aromatic rings. The third kappa shape index (κ3) is 2.64. The predicted molar refractivity (Wildman–Crippen MR) is 59.5 cm³/mol. The van der Waals surface area contributed by atoms with Crippen molar-refractivity contribution in [1.29, 1.82) is 0 Å². The summed E-state index contributed by atoms with van der Waals surface area (Å²) in [4.78, 5) is 11.8. The van der Waals surface area contributed by atoms with Crippen LogP contribution in [0.15, 0.2) is 0 Å². The van der Waals surface area contributed by atoms with Gasteiger partial charge < -0.3 is 10.6 Å². The Morgan fingerprint density at radius 3 is 2.93 bits per heavy atom. The summed E-state index contributed by atoms with van der Waals surface area (Å²) in [6.45, 7) is 1.99. The average Bonchev–Trinajstić information content (AvgIpc) is 2.72. The molecule has 14 heavy (non-hydrogen) atoms. The van der Waals surface area contributed by atoms with Gasteiger partial charge in [0.1, 0.15) is 0 Å². The summed E-state index contributed by atoms with van der Waals surface area (Å²) in [6, 6.07) is 0.380. The molecule has 0 aromatic heterocycles. The quantitative estimate of drug-likeness (QED) is 0.713. The number of rotatable bonds is 2. The van der Waals surface area contributed by atoms with Gasteiger partial charge in [-0.2, -0.15) is 0 Å². The summed E-state index contributed by atoms with van der Waals surface area (Å²) in [6.07, 6.45) is 4.65. The third-order valence-electron chi connectivity index (χ3n) is 2.88. The van der Waals surface area contributed by atoms with Gasteiger partial charge >= 0.3 is 0 Å². The monoisotopic (exact) mass is 214 g/mol. The molecule has 2 aliphatic heterocycles. The van der Waals surface area contributed by atoms with Gasteiger partial charge in [-0.15, -0.1) is 11.8 Å². The summed E-state index contributed by atoms with van der Waals surface area (Å²) < 4.78 is 0. The molecule has 0 spiro atoms. The van der Waals surface area contributed by atoms with E-state index < -0.39 is 0 Å². The molecular weight excluding hydrogens is 196 g/mol. The highest BCUT2D eigenvalue weighted by atomic mass is 32.2. The molecule has 1 amide bonds. The van der Waals surface area contributed by atoms with Crippen LogP contribution < -0.4 is 10.6 Å². The van der Waals surface area contributed by atoms with Crippen molar-refractivity contribution in [3.8, 4) is 0 Å². The summed E-state index contributed by atoms with van der Waals surface area (Å²) in [5, 5.41) is 6.61. The maximum atomic E-state index is 11.8. The Balaban J connectivity index is 1.75. The lowest BCUT2D eigenvalue weighted by Gasteiger charge is -2.22. The number of thioether (sulfide) groups is 1. The second-order valence-electron chi connectivity index (χ2n) is 4.05. The maximum absolute atomic E-state index is 11.8. The zero-order valence-electron chi connectivity index (χ0n) is 8.42. The van der Waals surface area contributed by atoms with Gasteiger partial charge in [0.15, 0.2) is 0 Å². The van der Waals surface area contributed by atoms with E-state index in [1.54, 1.807) is 0 Å². The average molecular weight is 214 g/mol. The number of carbonyl (C=O) groups excluding carboxylic acids is 1. The van der Waals surface area contributed by atoms with Gasteiger partial charge in [0.25, 0.3) is 0 Å². The van der Waals surface area contributed by atoms with Gasteiger partial charge in [-0.25, -0.2) is 0 Å². The zero-order valence-corrected chi connectivity index (χ0v) is 9.24. The first kappa shape index (κ1) is 10.3. The van der Waals surface area contributed by atoms with Crippen LogP contribution in [-0.2, 0) is 4.79 Å². The number of carbonyl (C=O) groups is 1. The lowest BCUT2D eigenvalue weighted by Crippen LogP contribution is -2.42. The molecule has 2 heterocycles. The van der Waals surface area contributed by atoms with E-state index in [2.05, 4.69) is 10.6 Å². The Morgan fingerprint density at radius 1 is 1.36 bits per heavy atom. The van der Waals surface area contributed by atoms with E-state index in [1.165, 1.54) is 12.8 Å². The van der Waals surface area contributed by atoms with E-state index in [0.29, 0.717) is 6.04 Å². The van der Waals surface area contributed by atoms with E-state index in [4.69, 9.17) is 0 Å². The Bertz CT molecular complexity index is 198. The molecule has 0 bridgehead atoms. The fourth-order valence-corrected chi connectivity index (χ4v) is 3.23. The van der Waals surface area contributed by atoms with Crippen LogP contribution in [0, 0.1) is 0 Å². The highest BCUT2D eigenvalue weighted by molar-refractivity contribution is 8.00. The molecule has 0 radical (unpaired) electrons. The SMILES string of the molecule is O=C(NC1CCNC1)C1CCCCS1. The normalized spacial score (nSPS) is 32.9. The topological polar surface area (TPSA) is 41.1 Å². The minimum Gasteiger partial charge on any atom is -0.351 e. The van der Waals surface area contributed by atoms with E-state index >= 15 is 0 Å². The molecule has 3 nitrogen and oxygen atoms in total. The molecule has 4 heteroatoms. The van der Waals surface area contributed by atoms with Crippen LogP contribution in [0.5, 0.6) is 0 Å². The molecule has 0 aromatic carbocycles. The largest absolute Gasteiger partial charge is 0.351 e. The van der Waals surface area contributed by atoms with Crippen molar-refractivity contribution in [1.82, 2.24) is 10.6 Å². The van der Waals surface area contributed by atoms with Crippen LogP contribution in [0.25, 0.3) is 0 Å². The van der Waals surface area contributed by atoms with E-state index in [1.807, 2.05) is 11.8 Å². The highest BCUT2D eigenvalue weighted by Gasteiger charge is 2.24. The smallest absolute Gasteiger partial charge is 0.233 e. The summed E-state index contributed by atoms with van der Waals surface area (Å²) in [5.41, 5.74) is 0. The first-order valence-electron chi connectivity index (χ1n) is 5.49. The van der Waals surface area contributed by atoms with Crippen molar-refractivity contribution < 1.29 is 4.79 Å². The number of hydrogen-bond donors (Lipinski definition) is 2. The second-order valence-corrected chi connectivity index (χ2v) is 5.36. The number of amides is 1. The molecule has 80 valence electrons. The van der Waals surface area contributed by atoms with Gasteiger partial charge in [-0.05, 0) is 31.6 Å². The van der Waals surface area contributed by atoms with Crippen LogP contribution in [0.3, 0.4) is 0 Å². The summed E-state index contributed by atoms with van der Waals surface area (Å²) >= 11 is 1.82. The van der Waals surface area contributed by atoms with Crippen molar-refractivity contribution in [2.45, 2.75) is 37.0 Å². The van der Waals surface area contributed by atoms with Gasteiger partial charge in [-0.3, -0.25) is 4.79 Å². The Kier molecular flexibility index (Phi) is 3.70. The second kappa shape index (κ2) is 5.03. The molecule has 2 saturated heterocycles. The first-order valence-corrected chi connectivity index (χ1v) is 6.54. The molecule has 2 unspecified atom stereocenters. The lowest BCUT2D eigenvalue weighted by atomic mass is 10.1. The highest BCUT2D eigenvalue weighted by Crippen LogP contribution is 2.25. The first-order chi connectivity index (χ1) is 6.86. The van der Waals surface area contributed by atoms with Crippen LogP contribution in [-0.4, -0.2) is 36.0 Å². The van der Waals surface area contributed by atoms with Crippen LogP contribution in [0.1, 0.15) is 25.7 Å². The van der Waals surface area contributed by atoms with Gasteiger partial charge in [0, 0.05) is 12.6 Å². The minimum atomic E-state index is 0.226. The number of hydrogen-bond acceptors (Lipinski definition) is 3. The fraction of sp³-hybridized carbons (Fsp3) is 0.900. The van der Waals surface area contributed by atoms with Crippen LogP contribution in [0.2, 0.25) is 0 Å². The molecule has 0 saturated carbocycles. The van der Waals surface area contributed by atoms with Crippen molar-refractivity contribution >= 4 is 17.7 Å². The van der Waals surface area contributed by atoms with Crippen molar-refractivity contribution in [2.24, 2.45) is 0 Å². The maximum Gasteiger partial charge on any atom is 0.233 e. The van der Waals surface area contributed by atoms with E-state index in [-0.39, 0.29) is 11.2 Å². The van der Waals surface area contributed by atoms with Crippen molar-refractivity contribution in [2.75, 3.05) is 18.8 Å². The standard InChI is InChI=1S/C10H18N2OS/c13-10(9-3-1-2-6-14-9)12-8-4-5-11-7-8/h8-9,11H,1-7H2,(H,12,13). The van der Waals surface area contributed by atoms with Gasteiger partial charge in [0.05, 0.1) is 5.25 Å².